The molecule has 2 bridgehead atoms. The van der Waals surface area contributed by atoms with Crippen molar-refractivity contribution in [2.45, 2.75) is 56.5 Å². The Bertz CT molecular complexity index is 450. The lowest BCUT2D eigenvalue weighted by Crippen LogP contribution is -2.71. The second kappa shape index (κ2) is 4.97. The van der Waals surface area contributed by atoms with Crippen molar-refractivity contribution in [3.63, 3.8) is 0 Å². The molecule has 1 aliphatic carbocycles. The molecule has 0 aromatic heterocycles. The number of nitrogens with zero attached hydrogens (tertiary/aromatic N) is 2. The van der Waals surface area contributed by atoms with Gasteiger partial charge in [0.15, 0.2) is 0 Å². The van der Waals surface area contributed by atoms with Crippen molar-refractivity contribution in [2.24, 2.45) is 5.92 Å². The molecule has 1 saturated carbocycles. The van der Waals surface area contributed by atoms with Gasteiger partial charge in [0.25, 0.3) is 0 Å². The Balaban J connectivity index is 1.59. The van der Waals surface area contributed by atoms with Crippen molar-refractivity contribution in [3.8, 4) is 0 Å². The lowest BCUT2D eigenvalue weighted by molar-refractivity contribution is -0.158. The van der Waals surface area contributed by atoms with Gasteiger partial charge in [0, 0.05) is 12.6 Å². The van der Waals surface area contributed by atoms with Crippen LogP contribution >= 0.6 is 0 Å². The lowest BCUT2D eigenvalue weighted by atomic mass is 9.77. The summed E-state index contributed by atoms with van der Waals surface area (Å²) in [5.74, 6) is 0.860. The van der Waals surface area contributed by atoms with Crippen LogP contribution in [-0.2, 0) is 9.59 Å². The van der Waals surface area contributed by atoms with Gasteiger partial charge in [-0.3, -0.25) is 9.59 Å². The first-order chi connectivity index (χ1) is 10.2. The molecule has 4 aliphatic heterocycles. The average Bonchev–Trinajstić information content (AvgIpc) is 2.53. The van der Waals surface area contributed by atoms with Crippen molar-refractivity contribution >= 4 is 11.8 Å². The van der Waals surface area contributed by atoms with Gasteiger partial charge in [0.05, 0.1) is 6.54 Å². The zero-order valence-electron chi connectivity index (χ0n) is 12.6. The molecule has 2 amide bonds. The predicted octanol–water partition coefficient (Wildman–Crippen LogP) is 0.742. The number of hydrogen-bond donors (Lipinski definition) is 1. The maximum Gasteiger partial charge on any atom is 0.249 e. The van der Waals surface area contributed by atoms with Crippen LogP contribution < -0.4 is 5.32 Å². The van der Waals surface area contributed by atoms with Crippen molar-refractivity contribution in [1.82, 2.24) is 15.1 Å². The van der Waals surface area contributed by atoms with Gasteiger partial charge in [-0.05, 0) is 44.7 Å². The minimum Gasteiger partial charge on any atom is -0.340 e. The molecular formula is C16H25N3O2. The summed E-state index contributed by atoms with van der Waals surface area (Å²) in [5.41, 5.74) is -0.570. The van der Waals surface area contributed by atoms with Crippen molar-refractivity contribution < 1.29 is 9.59 Å². The van der Waals surface area contributed by atoms with E-state index in [-0.39, 0.29) is 24.4 Å². The molecule has 4 heterocycles. The van der Waals surface area contributed by atoms with Gasteiger partial charge < -0.3 is 15.1 Å². The van der Waals surface area contributed by atoms with E-state index in [0.29, 0.717) is 5.92 Å². The van der Waals surface area contributed by atoms with E-state index in [0.717, 1.165) is 32.2 Å². The van der Waals surface area contributed by atoms with E-state index in [4.69, 9.17) is 0 Å². The topological polar surface area (TPSA) is 52.7 Å². The first-order valence-electron chi connectivity index (χ1n) is 8.52. The number of rotatable bonds is 1. The number of hydrogen-bond acceptors (Lipinski definition) is 3. The highest BCUT2D eigenvalue weighted by Crippen LogP contribution is 2.36. The molecule has 5 heteroatoms. The summed E-state index contributed by atoms with van der Waals surface area (Å²) >= 11 is 0. The highest BCUT2D eigenvalue weighted by Gasteiger charge is 2.51. The second-order valence-electron chi connectivity index (χ2n) is 7.33. The SMILES string of the molecule is O=C1CN(C2CN3CCC2CC3)C(=O)C2(CCCCC2)N1. The van der Waals surface area contributed by atoms with Gasteiger partial charge in [-0.25, -0.2) is 0 Å². The van der Waals surface area contributed by atoms with Crippen molar-refractivity contribution in [1.29, 1.82) is 0 Å². The average molecular weight is 291 g/mol. The van der Waals surface area contributed by atoms with Crippen LogP contribution in [-0.4, -0.2) is 59.4 Å². The molecule has 21 heavy (non-hydrogen) atoms. The molecule has 4 saturated heterocycles. The highest BCUT2D eigenvalue weighted by molar-refractivity contribution is 5.98. The van der Waals surface area contributed by atoms with Crippen LogP contribution in [0.3, 0.4) is 0 Å². The third-order valence-corrected chi connectivity index (χ3v) is 6.09. The molecular weight excluding hydrogens is 266 g/mol. The summed E-state index contributed by atoms with van der Waals surface area (Å²) in [5, 5.41) is 3.05. The summed E-state index contributed by atoms with van der Waals surface area (Å²) in [6.45, 7) is 3.58. The second-order valence-corrected chi connectivity index (χ2v) is 7.33. The Labute approximate surface area is 126 Å². The highest BCUT2D eigenvalue weighted by atomic mass is 16.2. The number of piperidine rings is 3. The van der Waals surface area contributed by atoms with Gasteiger partial charge >= 0.3 is 0 Å². The molecule has 1 atom stereocenters. The maximum atomic E-state index is 13.1. The number of nitrogens with one attached hydrogen (secondary N) is 1. The molecule has 5 rings (SSSR count). The molecule has 5 aliphatic rings. The molecule has 0 aromatic rings. The summed E-state index contributed by atoms with van der Waals surface area (Å²) < 4.78 is 0. The molecule has 1 unspecified atom stereocenters. The van der Waals surface area contributed by atoms with Gasteiger partial charge in [-0.1, -0.05) is 19.3 Å². The summed E-state index contributed by atoms with van der Waals surface area (Å²) in [6, 6.07) is 0.268. The monoisotopic (exact) mass is 291 g/mol. The Kier molecular flexibility index (Phi) is 3.21. The van der Waals surface area contributed by atoms with Gasteiger partial charge in [-0.15, -0.1) is 0 Å². The van der Waals surface area contributed by atoms with Crippen LogP contribution in [0.25, 0.3) is 0 Å². The molecule has 5 nitrogen and oxygen atoms in total. The first kappa shape index (κ1) is 13.6. The molecule has 0 aromatic carbocycles. The van der Waals surface area contributed by atoms with E-state index in [1.165, 1.54) is 32.4 Å². The number of amides is 2. The fraction of sp³-hybridized carbons (Fsp3) is 0.875. The molecule has 1 spiro atoms. The van der Waals surface area contributed by atoms with Gasteiger partial charge in [-0.2, -0.15) is 0 Å². The Morgan fingerprint density at radius 1 is 1.05 bits per heavy atom. The van der Waals surface area contributed by atoms with Crippen LogP contribution in [0.1, 0.15) is 44.9 Å². The summed E-state index contributed by atoms with van der Waals surface area (Å²) in [4.78, 5) is 29.7. The van der Waals surface area contributed by atoms with E-state index < -0.39 is 5.54 Å². The largest absolute Gasteiger partial charge is 0.340 e. The number of carbonyl (C=O) groups excluding carboxylic acids is 2. The number of carbonyl (C=O) groups is 2. The van der Waals surface area contributed by atoms with Crippen molar-refractivity contribution in [3.05, 3.63) is 0 Å². The quantitative estimate of drug-likeness (QED) is 0.775. The smallest absolute Gasteiger partial charge is 0.249 e. The summed E-state index contributed by atoms with van der Waals surface area (Å²) in [6.07, 6.45) is 7.32. The normalized spacial score (nSPS) is 38.7. The maximum absolute atomic E-state index is 13.1. The van der Waals surface area contributed by atoms with E-state index >= 15 is 0 Å². The van der Waals surface area contributed by atoms with E-state index in [1.54, 1.807) is 0 Å². The molecule has 5 fully saturated rings. The number of piperazine rings is 1. The van der Waals surface area contributed by atoms with Crippen LogP contribution in [0.5, 0.6) is 0 Å². The van der Waals surface area contributed by atoms with Crippen LogP contribution in [0.15, 0.2) is 0 Å². The fourth-order valence-electron chi connectivity index (χ4n) is 4.91. The zero-order chi connectivity index (χ0) is 14.4. The van der Waals surface area contributed by atoms with E-state index in [2.05, 4.69) is 10.2 Å². The van der Waals surface area contributed by atoms with Crippen LogP contribution in [0.4, 0.5) is 0 Å². The first-order valence-corrected chi connectivity index (χ1v) is 8.52. The van der Waals surface area contributed by atoms with Crippen LogP contribution in [0.2, 0.25) is 0 Å². The Hall–Kier alpha value is -1.10. The summed E-state index contributed by atoms with van der Waals surface area (Å²) in [7, 11) is 0. The van der Waals surface area contributed by atoms with Gasteiger partial charge in [0.1, 0.15) is 5.54 Å². The minimum atomic E-state index is -0.570. The standard InChI is InChI=1S/C16H25N3O2/c20-14-11-19(13-10-18-8-4-12(13)5-9-18)15(21)16(17-14)6-2-1-3-7-16/h12-13H,1-11H2,(H,17,20). The Morgan fingerprint density at radius 3 is 2.38 bits per heavy atom. The van der Waals surface area contributed by atoms with E-state index in [9.17, 15) is 9.59 Å². The zero-order valence-corrected chi connectivity index (χ0v) is 12.6. The fourth-order valence-corrected chi connectivity index (χ4v) is 4.91. The third-order valence-electron chi connectivity index (χ3n) is 6.09. The predicted molar refractivity (Wildman–Crippen MR) is 78.6 cm³/mol. The Morgan fingerprint density at radius 2 is 1.76 bits per heavy atom. The van der Waals surface area contributed by atoms with Crippen molar-refractivity contribution in [2.75, 3.05) is 26.2 Å². The third kappa shape index (κ3) is 2.17. The lowest BCUT2D eigenvalue weighted by Gasteiger charge is -2.53. The van der Waals surface area contributed by atoms with Crippen LogP contribution in [0, 0.1) is 5.92 Å². The molecule has 0 radical (unpaired) electrons. The van der Waals surface area contributed by atoms with Gasteiger partial charge in [0.2, 0.25) is 11.8 Å². The number of fused-ring (bicyclic) bond motifs is 3. The molecule has 1 N–H and O–H groups in total. The van der Waals surface area contributed by atoms with E-state index in [1.807, 2.05) is 4.90 Å². The minimum absolute atomic E-state index is 0.0490. The molecule has 116 valence electrons.